The summed E-state index contributed by atoms with van der Waals surface area (Å²) in [6.07, 6.45) is 2.38. The van der Waals surface area contributed by atoms with Gasteiger partial charge in [0.1, 0.15) is 0 Å². The van der Waals surface area contributed by atoms with Crippen LogP contribution in [0, 0.1) is 12.8 Å². The Morgan fingerprint density at radius 1 is 1.10 bits per heavy atom. The van der Waals surface area contributed by atoms with E-state index in [1.165, 1.54) is 29.4 Å². The Morgan fingerprint density at radius 2 is 1.84 bits per heavy atom. The van der Waals surface area contributed by atoms with Gasteiger partial charge in [0, 0.05) is 34.3 Å². The van der Waals surface area contributed by atoms with E-state index < -0.39 is 30.7 Å². The molecule has 1 aromatic carbocycles. The number of nitrogens with one attached hydrogen (secondary N) is 1. The van der Waals surface area contributed by atoms with Crippen molar-refractivity contribution in [2.75, 3.05) is 5.32 Å². The summed E-state index contributed by atoms with van der Waals surface area (Å²) >= 11 is 6.31. The number of aromatic nitrogens is 8. The van der Waals surface area contributed by atoms with E-state index in [2.05, 4.69) is 30.7 Å². The van der Waals surface area contributed by atoms with Crippen molar-refractivity contribution in [2.24, 2.45) is 5.92 Å². The summed E-state index contributed by atoms with van der Waals surface area (Å²) in [6, 6.07) is 9.25. The molecule has 0 aliphatic carbocycles. The minimum Gasteiger partial charge on any atom is -0.475 e. The Morgan fingerprint density at radius 3 is 2.48 bits per heavy atom. The molecule has 262 valence electrons. The minimum atomic E-state index is -5.08. The number of nitrogens with zero attached hydrogens (tertiary/aromatic N) is 8. The van der Waals surface area contributed by atoms with Crippen LogP contribution in [0.1, 0.15) is 50.2 Å². The van der Waals surface area contributed by atoms with Gasteiger partial charge in [-0.05, 0) is 50.1 Å². The molecule has 13 nitrogen and oxygen atoms in total. The first kappa shape index (κ1) is 35.8. The smallest absolute Gasteiger partial charge is 0.475 e. The second-order valence-corrected chi connectivity index (χ2v) is 11.7. The SMILES string of the molecule is Cc1cn(-c2ccc(Cl)cc2-c2cc(=O)n([C@H]3CCC[C@@H](C)C(=O)Nc4cnn(C(F)F)c4-c4ccnc3c4)cn2)nn1.O=C(O)C(F)(F)F. The first-order valence-electron chi connectivity index (χ1n) is 14.8. The molecule has 6 rings (SSSR count). The molecule has 1 aliphatic heterocycles. The molecule has 0 unspecified atom stereocenters. The van der Waals surface area contributed by atoms with Gasteiger partial charge in [-0.25, -0.2) is 19.1 Å². The number of carbonyl (C=O) groups excluding carboxylic acids is 1. The lowest BCUT2D eigenvalue weighted by Gasteiger charge is -2.22. The van der Waals surface area contributed by atoms with E-state index in [0.717, 1.165) is 5.69 Å². The zero-order valence-corrected chi connectivity index (χ0v) is 26.9. The Bertz CT molecular complexity index is 2100. The standard InChI is InChI=1S/C29H26ClF2N9O2.C2HF3O2/c1-16-4-3-5-25(22-10-18(8-9-33-22)27-23(36-28(16)43)13-35-41(27)29(31)32)39-15-34-21(12-26(39)42)20-11-19(30)6-7-24(20)40-14-17(2)37-38-40;3-2(4,5)1(6)7/h6-16,25,29H,3-5H2,1-2H3,(H,36,43);(H,6,7)/t16-,25+;/m1./s1. The lowest BCUT2D eigenvalue weighted by Crippen LogP contribution is -2.27. The molecule has 2 atom stereocenters. The summed E-state index contributed by atoms with van der Waals surface area (Å²) < 4.78 is 63.2. The summed E-state index contributed by atoms with van der Waals surface area (Å²) in [5, 5.41) is 22.3. The highest BCUT2D eigenvalue weighted by Gasteiger charge is 2.38. The zero-order valence-electron chi connectivity index (χ0n) is 26.1. The third-order valence-electron chi connectivity index (χ3n) is 7.70. The Hall–Kier alpha value is -5.52. The van der Waals surface area contributed by atoms with Crippen molar-refractivity contribution in [3.8, 4) is 28.2 Å². The van der Waals surface area contributed by atoms with Crippen molar-refractivity contribution >= 4 is 29.2 Å². The number of carboxylic acids is 1. The van der Waals surface area contributed by atoms with Gasteiger partial charge in [0.2, 0.25) is 5.91 Å². The molecule has 0 spiro atoms. The van der Waals surface area contributed by atoms with Crippen molar-refractivity contribution in [1.29, 1.82) is 0 Å². The normalized spacial score (nSPS) is 16.4. The number of anilines is 1. The van der Waals surface area contributed by atoms with Gasteiger partial charge in [0.05, 0.1) is 58.9 Å². The largest absolute Gasteiger partial charge is 0.490 e. The predicted octanol–water partition coefficient (Wildman–Crippen LogP) is 6.09. The van der Waals surface area contributed by atoms with Crippen molar-refractivity contribution in [2.45, 2.75) is 51.9 Å². The molecule has 1 amide bonds. The lowest BCUT2D eigenvalue weighted by molar-refractivity contribution is -0.192. The number of pyridine rings is 1. The van der Waals surface area contributed by atoms with Crippen LogP contribution in [0.4, 0.5) is 27.6 Å². The maximum atomic E-state index is 13.9. The van der Waals surface area contributed by atoms with Crippen LogP contribution in [0.3, 0.4) is 0 Å². The number of benzene rings is 1. The fraction of sp³-hybridized carbons (Fsp3) is 0.290. The molecule has 0 fully saturated rings. The number of carbonyl (C=O) groups is 2. The number of fused-ring (bicyclic) bond motifs is 4. The minimum absolute atomic E-state index is 0.0520. The van der Waals surface area contributed by atoms with Crippen molar-refractivity contribution in [3.05, 3.63) is 88.1 Å². The third-order valence-corrected chi connectivity index (χ3v) is 7.94. The van der Waals surface area contributed by atoms with Crippen LogP contribution in [0.25, 0.3) is 28.2 Å². The molecule has 50 heavy (non-hydrogen) atoms. The van der Waals surface area contributed by atoms with E-state index in [4.69, 9.17) is 21.5 Å². The first-order valence-corrected chi connectivity index (χ1v) is 15.2. The molecule has 1 aliphatic rings. The van der Waals surface area contributed by atoms with E-state index in [-0.39, 0.29) is 22.8 Å². The molecular weight excluding hydrogens is 693 g/mol. The second kappa shape index (κ2) is 14.5. The van der Waals surface area contributed by atoms with Crippen LogP contribution in [0.5, 0.6) is 0 Å². The zero-order chi connectivity index (χ0) is 36.3. The number of halogens is 6. The van der Waals surface area contributed by atoms with E-state index in [0.29, 0.717) is 57.2 Å². The van der Waals surface area contributed by atoms with Gasteiger partial charge in [-0.3, -0.25) is 19.1 Å². The van der Waals surface area contributed by atoms with E-state index in [9.17, 15) is 31.5 Å². The summed E-state index contributed by atoms with van der Waals surface area (Å²) in [5.41, 5.74) is 3.09. The molecule has 0 radical (unpaired) electrons. The number of alkyl halides is 5. The lowest BCUT2D eigenvalue weighted by atomic mass is 9.97. The average molecular weight is 720 g/mol. The molecule has 4 aromatic heterocycles. The van der Waals surface area contributed by atoms with E-state index in [1.54, 1.807) is 48.1 Å². The van der Waals surface area contributed by atoms with Gasteiger partial charge < -0.3 is 10.4 Å². The predicted molar refractivity (Wildman–Crippen MR) is 169 cm³/mol. The quantitative estimate of drug-likeness (QED) is 0.209. The van der Waals surface area contributed by atoms with Gasteiger partial charge in [-0.15, -0.1) is 5.10 Å². The maximum absolute atomic E-state index is 13.9. The highest BCUT2D eigenvalue weighted by Crippen LogP contribution is 2.35. The molecule has 2 bridgehead atoms. The van der Waals surface area contributed by atoms with Crippen molar-refractivity contribution in [1.82, 2.24) is 39.3 Å². The van der Waals surface area contributed by atoms with Crippen LogP contribution >= 0.6 is 11.6 Å². The van der Waals surface area contributed by atoms with Crippen LogP contribution in [-0.4, -0.2) is 62.5 Å². The van der Waals surface area contributed by atoms with E-state index in [1.807, 2.05) is 6.92 Å². The summed E-state index contributed by atoms with van der Waals surface area (Å²) in [5.74, 6) is -3.47. The summed E-state index contributed by atoms with van der Waals surface area (Å²) in [4.78, 5) is 44.6. The first-order chi connectivity index (χ1) is 23.6. The number of rotatable bonds is 4. The number of amides is 1. The molecule has 0 saturated heterocycles. The van der Waals surface area contributed by atoms with Gasteiger partial charge in [0.25, 0.3) is 5.56 Å². The monoisotopic (exact) mass is 719 g/mol. The van der Waals surface area contributed by atoms with Crippen LogP contribution in [0.15, 0.2) is 66.1 Å². The summed E-state index contributed by atoms with van der Waals surface area (Å²) in [7, 11) is 0. The van der Waals surface area contributed by atoms with Gasteiger partial charge >= 0.3 is 18.7 Å². The highest BCUT2D eigenvalue weighted by atomic mass is 35.5. The molecule has 0 saturated carbocycles. The third kappa shape index (κ3) is 7.85. The Labute approximate surface area is 284 Å². The van der Waals surface area contributed by atoms with Gasteiger partial charge in [-0.2, -0.15) is 27.1 Å². The topological polar surface area (TPSA) is 163 Å². The molecule has 5 heterocycles. The molecule has 19 heteroatoms. The van der Waals surface area contributed by atoms with Crippen molar-refractivity contribution < 1.29 is 36.6 Å². The van der Waals surface area contributed by atoms with Crippen LogP contribution in [-0.2, 0) is 9.59 Å². The number of aliphatic carboxylic acids is 1. The second-order valence-electron chi connectivity index (χ2n) is 11.2. The van der Waals surface area contributed by atoms with Crippen molar-refractivity contribution in [3.63, 3.8) is 0 Å². The number of hydrogen-bond acceptors (Lipinski definition) is 8. The van der Waals surface area contributed by atoms with Gasteiger partial charge in [-0.1, -0.05) is 30.2 Å². The average Bonchev–Trinajstić information content (AvgIpc) is 3.69. The molecule has 2 N–H and O–H groups in total. The number of aryl methyl sites for hydroxylation is 1. The summed E-state index contributed by atoms with van der Waals surface area (Å²) in [6.45, 7) is 0.655. The number of carboxylic acid groups (broad SMARTS) is 1. The Kier molecular flexibility index (Phi) is 10.4. The van der Waals surface area contributed by atoms with Crippen LogP contribution < -0.4 is 10.9 Å². The Balaban J connectivity index is 0.000000630. The molecule has 5 aromatic rings. The number of hydrogen-bond donors (Lipinski definition) is 2. The molecular formula is C31H27ClF5N9O4. The maximum Gasteiger partial charge on any atom is 0.490 e. The van der Waals surface area contributed by atoms with E-state index >= 15 is 0 Å². The van der Waals surface area contributed by atoms with Crippen LogP contribution in [0.2, 0.25) is 5.02 Å². The highest BCUT2D eigenvalue weighted by molar-refractivity contribution is 6.31. The fourth-order valence-corrected chi connectivity index (χ4v) is 5.44. The fourth-order valence-electron chi connectivity index (χ4n) is 5.27. The van der Waals surface area contributed by atoms with Gasteiger partial charge in [0.15, 0.2) is 0 Å².